The van der Waals surface area contributed by atoms with E-state index < -0.39 is 5.97 Å². The number of nitrogens with zero attached hydrogens (tertiary/aromatic N) is 1. The Bertz CT molecular complexity index is 679. The zero-order valence-corrected chi connectivity index (χ0v) is 13.1. The first-order chi connectivity index (χ1) is 9.90. The largest absolute Gasteiger partial charge is 0.478 e. The van der Waals surface area contributed by atoms with Gasteiger partial charge in [-0.15, -0.1) is 0 Å². The van der Waals surface area contributed by atoms with Crippen molar-refractivity contribution in [3.8, 4) is 0 Å². The van der Waals surface area contributed by atoms with Gasteiger partial charge in [-0.05, 0) is 47.5 Å². The van der Waals surface area contributed by atoms with Gasteiger partial charge in [0.25, 0.3) is 5.91 Å². The summed E-state index contributed by atoms with van der Waals surface area (Å²) < 4.78 is 0.633. The van der Waals surface area contributed by atoms with Crippen molar-refractivity contribution in [1.82, 2.24) is 15.5 Å². The predicted octanol–water partition coefficient (Wildman–Crippen LogP) is 2.67. The second-order valence-corrected chi connectivity index (χ2v) is 5.43. The van der Waals surface area contributed by atoms with Gasteiger partial charge in [0.05, 0.1) is 16.1 Å². The van der Waals surface area contributed by atoms with E-state index in [0.717, 1.165) is 11.3 Å². The van der Waals surface area contributed by atoms with Gasteiger partial charge in [-0.1, -0.05) is 12.1 Å². The van der Waals surface area contributed by atoms with Gasteiger partial charge in [0, 0.05) is 5.69 Å². The molecule has 1 atom stereocenters. The molecular formula is C14H14BrN3O3. The molecule has 1 heterocycles. The number of carbonyl (C=O) groups is 2. The van der Waals surface area contributed by atoms with Crippen LogP contribution in [0.2, 0.25) is 0 Å². The molecule has 21 heavy (non-hydrogen) atoms. The SMILES string of the molecule is Cc1[nH]nc(C(=O)N[C@@H](C)c2ccc(C(=O)O)cc2)c1Br. The van der Waals surface area contributed by atoms with Crippen LogP contribution in [-0.4, -0.2) is 27.2 Å². The molecule has 1 aromatic heterocycles. The lowest BCUT2D eigenvalue weighted by Gasteiger charge is -2.13. The highest BCUT2D eigenvalue weighted by Crippen LogP contribution is 2.19. The number of carboxylic acid groups (broad SMARTS) is 1. The van der Waals surface area contributed by atoms with Crippen LogP contribution >= 0.6 is 15.9 Å². The average molecular weight is 352 g/mol. The number of hydrogen-bond acceptors (Lipinski definition) is 3. The van der Waals surface area contributed by atoms with Crippen molar-refractivity contribution in [3.63, 3.8) is 0 Å². The van der Waals surface area contributed by atoms with Gasteiger partial charge in [-0.2, -0.15) is 5.10 Å². The highest BCUT2D eigenvalue weighted by atomic mass is 79.9. The number of H-pyrrole nitrogens is 1. The van der Waals surface area contributed by atoms with Gasteiger partial charge >= 0.3 is 5.97 Å². The molecule has 0 aliphatic heterocycles. The topological polar surface area (TPSA) is 95.1 Å². The molecule has 7 heteroatoms. The summed E-state index contributed by atoms with van der Waals surface area (Å²) in [5, 5.41) is 18.3. The van der Waals surface area contributed by atoms with Crippen LogP contribution in [0.5, 0.6) is 0 Å². The van der Waals surface area contributed by atoms with Crippen LogP contribution in [0.15, 0.2) is 28.7 Å². The van der Waals surface area contributed by atoms with E-state index in [0.29, 0.717) is 10.2 Å². The van der Waals surface area contributed by atoms with Crippen molar-refractivity contribution in [3.05, 3.63) is 51.3 Å². The molecule has 1 amide bonds. The van der Waals surface area contributed by atoms with Crippen molar-refractivity contribution in [2.75, 3.05) is 0 Å². The van der Waals surface area contributed by atoms with Gasteiger partial charge in [-0.3, -0.25) is 9.89 Å². The lowest BCUT2D eigenvalue weighted by Crippen LogP contribution is -2.27. The van der Waals surface area contributed by atoms with E-state index in [1.54, 1.807) is 12.1 Å². The van der Waals surface area contributed by atoms with E-state index in [9.17, 15) is 9.59 Å². The fraction of sp³-hybridized carbons (Fsp3) is 0.214. The molecule has 0 aliphatic rings. The highest BCUT2D eigenvalue weighted by Gasteiger charge is 2.18. The van der Waals surface area contributed by atoms with Crippen LogP contribution < -0.4 is 5.32 Å². The molecule has 0 aliphatic carbocycles. The Balaban J connectivity index is 2.10. The summed E-state index contributed by atoms with van der Waals surface area (Å²) in [5.74, 6) is -1.28. The molecule has 6 nitrogen and oxygen atoms in total. The van der Waals surface area contributed by atoms with Crippen LogP contribution in [0.3, 0.4) is 0 Å². The Morgan fingerprint density at radius 1 is 1.33 bits per heavy atom. The molecule has 1 aromatic carbocycles. The van der Waals surface area contributed by atoms with E-state index in [1.807, 2.05) is 13.8 Å². The zero-order valence-electron chi connectivity index (χ0n) is 11.5. The predicted molar refractivity (Wildman–Crippen MR) is 80.3 cm³/mol. The Hall–Kier alpha value is -2.15. The first kappa shape index (κ1) is 15.2. The Morgan fingerprint density at radius 3 is 2.43 bits per heavy atom. The number of amides is 1. The van der Waals surface area contributed by atoms with Crippen LogP contribution in [0.1, 0.15) is 45.1 Å². The maximum Gasteiger partial charge on any atom is 0.335 e. The molecule has 0 unspecified atom stereocenters. The summed E-state index contributed by atoms with van der Waals surface area (Å²) in [4.78, 5) is 22.9. The van der Waals surface area contributed by atoms with Gasteiger partial charge in [0.15, 0.2) is 5.69 Å². The third-order valence-electron chi connectivity index (χ3n) is 3.09. The lowest BCUT2D eigenvalue weighted by molar-refractivity contribution is 0.0696. The first-order valence-electron chi connectivity index (χ1n) is 6.24. The number of halogens is 1. The van der Waals surface area contributed by atoms with E-state index in [4.69, 9.17) is 5.11 Å². The van der Waals surface area contributed by atoms with Crippen molar-refractivity contribution in [2.45, 2.75) is 19.9 Å². The van der Waals surface area contributed by atoms with Crippen LogP contribution in [-0.2, 0) is 0 Å². The van der Waals surface area contributed by atoms with Crippen molar-refractivity contribution in [2.24, 2.45) is 0 Å². The number of aromatic carboxylic acids is 1. The summed E-state index contributed by atoms with van der Waals surface area (Å²) >= 11 is 3.30. The normalized spacial score (nSPS) is 12.0. The quantitative estimate of drug-likeness (QED) is 0.788. The number of aromatic amines is 1. The highest BCUT2D eigenvalue weighted by molar-refractivity contribution is 9.10. The van der Waals surface area contributed by atoms with Gasteiger partial charge in [0.2, 0.25) is 0 Å². The van der Waals surface area contributed by atoms with Gasteiger partial charge in [-0.25, -0.2) is 4.79 Å². The third-order valence-corrected chi connectivity index (χ3v) is 4.06. The summed E-state index contributed by atoms with van der Waals surface area (Å²) in [7, 11) is 0. The molecule has 2 rings (SSSR count). The number of hydrogen-bond donors (Lipinski definition) is 3. The maximum absolute atomic E-state index is 12.1. The fourth-order valence-corrected chi connectivity index (χ4v) is 2.19. The van der Waals surface area contributed by atoms with Crippen LogP contribution in [0.4, 0.5) is 0 Å². The van der Waals surface area contributed by atoms with Gasteiger partial charge < -0.3 is 10.4 Å². The standard InChI is InChI=1S/C14H14BrN3O3/c1-7(9-3-5-10(6-4-9)14(20)21)16-13(19)12-11(15)8(2)17-18-12/h3-7H,1-2H3,(H,16,19)(H,17,18)(H,20,21)/t7-/m0/s1. The zero-order chi connectivity index (χ0) is 15.6. The monoisotopic (exact) mass is 351 g/mol. The lowest BCUT2D eigenvalue weighted by atomic mass is 10.1. The first-order valence-corrected chi connectivity index (χ1v) is 7.04. The molecular weight excluding hydrogens is 338 g/mol. The molecule has 0 radical (unpaired) electrons. The van der Waals surface area contributed by atoms with Crippen LogP contribution in [0, 0.1) is 6.92 Å². The number of benzene rings is 1. The molecule has 0 fully saturated rings. The van der Waals surface area contributed by atoms with Crippen LogP contribution in [0.25, 0.3) is 0 Å². The van der Waals surface area contributed by atoms with E-state index in [1.165, 1.54) is 12.1 Å². The number of rotatable bonds is 4. The number of nitrogens with one attached hydrogen (secondary N) is 2. The minimum absolute atomic E-state index is 0.211. The minimum atomic E-state index is -0.978. The third kappa shape index (κ3) is 3.30. The van der Waals surface area contributed by atoms with Crippen molar-refractivity contribution < 1.29 is 14.7 Å². The summed E-state index contributed by atoms with van der Waals surface area (Å²) in [5.41, 5.74) is 2.10. The summed E-state index contributed by atoms with van der Waals surface area (Å²) in [6.45, 7) is 3.63. The maximum atomic E-state index is 12.1. The Labute approximate surface area is 129 Å². The summed E-state index contributed by atoms with van der Waals surface area (Å²) in [6.07, 6.45) is 0. The Kier molecular flexibility index (Phi) is 4.42. The molecule has 0 saturated heterocycles. The second-order valence-electron chi connectivity index (χ2n) is 4.63. The smallest absolute Gasteiger partial charge is 0.335 e. The average Bonchev–Trinajstić information content (AvgIpc) is 2.79. The Morgan fingerprint density at radius 2 is 1.95 bits per heavy atom. The molecule has 110 valence electrons. The van der Waals surface area contributed by atoms with E-state index in [2.05, 4.69) is 31.4 Å². The molecule has 0 bridgehead atoms. The van der Waals surface area contributed by atoms with E-state index in [-0.39, 0.29) is 17.5 Å². The molecule has 0 spiro atoms. The number of carboxylic acids is 1. The van der Waals surface area contributed by atoms with Gasteiger partial charge in [0.1, 0.15) is 0 Å². The van der Waals surface area contributed by atoms with Crippen molar-refractivity contribution >= 4 is 27.8 Å². The molecule has 2 aromatic rings. The second kappa shape index (κ2) is 6.09. The molecule has 0 saturated carbocycles. The number of carbonyl (C=O) groups excluding carboxylic acids is 1. The number of aromatic nitrogens is 2. The number of aryl methyl sites for hydroxylation is 1. The van der Waals surface area contributed by atoms with Crippen molar-refractivity contribution in [1.29, 1.82) is 0 Å². The fourth-order valence-electron chi connectivity index (χ4n) is 1.83. The molecule has 3 N–H and O–H groups in total. The summed E-state index contributed by atoms with van der Waals surface area (Å²) in [6, 6.07) is 6.12. The minimum Gasteiger partial charge on any atom is -0.478 e. The van der Waals surface area contributed by atoms with E-state index >= 15 is 0 Å².